The lowest BCUT2D eigenvalue weighted by atomic mass is 9.93. The van der Waals surface area contributed by atoms with E-state index in [0.717, 1.165) is 31.4 Å². The van der Waals surface area contributed by atoms with Crippen LogP contribution in [0.25, 0.3) is 0 Å². The Morgan fingerprint density at radius 1 is 1.19 bits per heavy atom. The van der Waals surface area contributed by atoms with Gasteiger partial charge in [0, 0.05) is 16.8 Å². The first-order chi connectivity index (χ1) is 14.8. The molecule has 0 radical (unpaired) electrons. The number of amides is 2. The minimum absolute atomic E-state index is 0.139. The van der Waals surface area contributed by atoms with Crippen LogP contribution in [-0.2, 0) is 11.3 Å². The molecule has 1 aliphatic carbocycles. The molecule has 1 N–H and O–H groups in total. The van der Waals surface area contributed by atoms with Crippen LogP contribution in [0.1, 0.15) is 81.4 Å². The Balaban J connectivity index is 1.74. The highest BCUT2D eigenvalue weighted by atomic mass is 35.5. The fraction of sp³-hybridized carbons (Fsp3) is 0.542. The summed E-state index contributed by atoms with van der Waals surface area (Å²) < 4.78 is 1.70. The van der Waals surface area contributed by atoms with Gasteiger partial charge in [-0.25, -0.2) is 0 Å². The summed E-state index contributed by atoms with van der Waals surface area (Å²) in [6.07, 6.45) is 6.64. The summed E-state index contributed by atoms with van der Waals surface area (Å²) >= 11 is 6.25. The molecule has 2 heterocycles. The Morgan fingerprint density at radius 3 is 2.55 bits per heavy atom. The average molecular weight is 443 g/mol. The first kappa shape index (κ1) is 21.9. The van der Waals surface area contributed by atoms with Crippen molar-refractivity contribution in [3.63, 3.8) is 0 Å². The maximum atomic E-state index is 13.7. The highest BCUT2D eigenvalue weighted by Crippen LogP contribution is 2.35. The van der Waals surface area contributed by atoms with E-state index in [4.69, 9.17) is 11.6 Å². The number of aromatic nitrogens is 2. The molecule has 7 heteroatoms. The number of nitrogens with zero attached hydrogens (tertiary/aromatic N) is 3. The van der Waals surface area contributed by atoms with Crippen molar-refractivity contribution in [3.05, 3.63) is 46.7 Å². The van der Waals surface area contributed by atoms with Crippen LogP contribution in [0.5, 0.6) is 0 Å². The van der Waals surface area contributed by atoms with Crippen LogP contribution in [0.3, 0.4) is 0 Å². The number of hydrogen-bond donors (Lipinski definition) is 1. The highest BCUT2D eigenvalue weighted by molar-refractivity contribution is 6.31. The van der Waals surface area contributed by atoms with Crippen molar-refractivity contribution in [3.8, 4) is 0 Å². The molecule has 2 aliphatic rings. The van der Waals surface area contributed by atoms with Gasteiger partial charge in [-0.1, -0.05) is 57.2 Å². The molecule has 2 aromatic rings. The van der Waals surface area contributed by atoms with E-state index in [1.807, 2.05) is 32.9 Å². The van der Waals surface area contributed by atoms with Crippen molar-refractivity contribution >= 4 is 29.1 Å². The Labute approximate surface area is 188 Å². The number of rotatable bonds is 4. The molecule has 1 atom stereocenters. The van der Waals surface area contributed by atoms with Crippen molar-refractivity contribution in [1.82, 2.24) is 15.1 Å². The lowest BCUT2D eigenvalue weighted by molar-refractivity contribution is -0.127. The first-order valence-electron chi connectivity index (χ1n) is 11.3. The molecule has 1 saturated carbocycles. The molecule has 31 heavy (non-hydrogen) atoms. The second-order valence-corrected chi connectivity index (χ2v) is 9.76. The minimum Gasteiger partial charge on any atom is -0.351 e. The normalized spacial score (nSPS) is 22.4. The fourth-order valence-electron chi connectivity index (χ4n) is 4.67. The summed E-state index contributed by atoms with van der Waals surface area (Å²) in [5.41, 5.74) is 0.863. The van der Waals surface area contributed by atoms with Crippen molar-refractivity contribution in [2.24, 2.45) is 0 Å². The van der Waals surface area contributed by atoms with Gasteiger partial charge >= 0.3 is 0 Å². The van der Waals surface area contributed by atoms with Crippen LogP contribution in [0, 0.1) is 0 Å². The maximum Gasteiger partial charge on any atom is 0.277 e. The summed E-state index contributed by atoms with van der Waals surface area (Å²) in [6, 6.07) is 9.13. The number of benzene rings is 1. The predicted octanol–water partition coefficient (Wildman–Crippen LogP) is 4.92. The average Bonchev–Trinajstić information content (AvgIpc) is 2.98. The van der Waals surface area contributed by atoms with Crippen molar-refractivity contribution in [2.75, 3.05) is 4.90 Å². The summed E-state index contributed by atoms with van der Waals surface area (Å²) in [5.74, 6) is -0.178. The number of nitrogens with one attached hydrogen (secondary N) is 1. The molecule has 2 amide bonds. The lowest BCUT2D eigenvalue weighted by Gasteiger charge is -2.43. The van der Waals surface area contributed by atoms with Gasteiger partial charge in [0.2, 0.25) is 5.91 Å². The predicted molar refractivity (Wildman–Crippen MR) is 123 cm³/mol. The van der Waals surface area contributed by atoms with Gasteiger partial charge in [0.1, 0.15) is 11.2 Å². The molecule has 0 spiro atoms. The molecule has 0 unspecified atom stereocenters. The number of hydrogen-bond acceptors (Lipinski definition) is 3. The number of anilines is 1. The van der Waals surface area contributed by atoms with Crippen LogP contribution in [0.2, 0.25) is 5.02 Å². The zero-order chi connectivity index (χ0) is 22.2. The SMILES string of the molecule is CC(C)c1cc2n(n1)C[C@](C)(C(=O)NC1CCCCCC1)N(c1cccc(Cl)c1)C2=O. The molecule has 1 aromatic carbocycles. The molecule has 1 aliphatic heterocycles. The van der Waals surface area contributed by atoms with E-state index < -0.39 is 5.54 Å². The zero-order valence-corrected chi connectivity index (χ0v) is 19.3. The fourth-order valence-corrected chi connectivity index (χ4v) is 4.85. The van der Waals surface area contributed by atoms with E-state index in [9.17, 15) is 9.59 Å². The summed E-state index contributed by atoms with van der Waals surface area (Å²) in [4.78, 5) is 29.0. The topological polar surface area (TPSA) is 67.2 Å². The van der Waals surface area contributed by atoms with Crippen LogP contribution in [0.15, 0.2) is 30.3 Å². The molecule has 0 saturated heterocycles. The Bertz CT molecular complexity index is 978. The standard InChI is InChI=1S/C24H31ClN4O2/c1-16(2)20-14-21-22(30)29(19-12-8-9-17(25)13-19)24(3,15-28(21)27-20)23(31)26-18-10-6-4-5-7-11-18/h8-9,12-14,16,18H,4-7,10-11,15H2,1-3H3,(H,26,31)/t24-/m1/s1. The monoisotopic (exact) mass is 442 g/mol. The molecule has 166 valence electrons. The zero-order valence-electron chi connectivity index (χ0n) is 18.5. The maximum absolute atomic E-state index is 13.7. The van der Waals surface area contributed by atoms with Gasteiger partial charge in [0.15, 0.2) is 0 Å². The Kier molecular flexibility index (Phi) is 6.11. The van der Waals surface area contributed by atoms with Gasteiger partial charge in [-0.2, -0.15) is 5.10 Å². The number of carbonyl (C=O) groups excluding carboxylic acids is 2. The first-order valence-corrected chi connectivity index (χ1v) is 11.7. The smallest absolute Gasteiger partial charge is 0.277 e. The Morgan fingerprint density at radius 2 is 1.90 bits per heavy atom. The second kappa shape index (κ2) is 8.65. The van der Waals surface area contributed by atoms with Gasteiger partial charge in [-0.05, 0) is 49.9 Å². The van der Waals surface area contributed by atoms with Crippen molar-refractivity contribution in [2.45, 2.75) is 83.3 Å². The van der Waals surface area contributed by atoms with E-state index in [2.05, 4.69) is 10.4 Å². The van der Waals surface area contributed by atoms with Gasteiger partial charge in [-0.15, -0.1) is 0 Å². The van der Waals surface area contributed by atoms with E-state index in [0.29, 0.717) is 22.9 Å². The van der Waals surface area contributed by atoms with Gasteiger partial charge in [-0.3, -0.25) is 19.2 Å². The molecule has 1 aromatic heterocycles. The molecule has 0 bridgehead atoms. The number of fused-ring (bicyclic) bond motifs is 1. The van der Waals surface area contributed by atoms with E-state index in [1.165, 1.54) is 12.8 Å². The lowest BCUT2D eigenvalue weighted by Crippen LogP contribution is -2.65. The van der Waals surface area contributed by atoms with Crippen LogP contribution >= 0.6 is 11.6 Å². The van der Waals surface area contributed by atoms with E-state index in [-0.39, 0.29) is 23.8 Å². The summed E-state index contributed by atoms with van der Waals surface area (Å²) in [5, 5.41) is 8.43. The summed E-state index contributed by atoms with van der Waals surface area (Å²) in [6.45, 7) is 6.22. The quantitative estimate of drug-likeness (QED) is 0.683. The molecular formula is C24H31ClN4O2. The highest BCUT2D eigenvalue weighted by Gasteiger charge is 2.49. The third-order valence-electron chi connectivity index (χ3n) is 6.51. The van der Waals surface area contributed by atoms with Gasteiger partial charge in [0.25, 0.3) is 5.91 Å². The van der Waals surface area contributed by atoms with Crippen molar-refractivity contribution in [1.29, 1.82) is 0 Å². The van der Waals surface area contributed by atoms with Crippen molar-refractivity contribution < 1.29 is 9.59 Å². The number of halogens is 1. The summed E-state index contributed by atoms with van der Waals surface area (Å²) in [7, 11) is 0. The van der Waals surface area contributed by atoms with Crippen LogP contribution in [-0.4, -0.2) is 33.2 Å². The number of carbonyl (C=O) groups is 2. The molecule has 6 nitrogen and oxygen atoms in total. The van der Waals surface area contributed by atoms with Gasteiger partial charge < -0.3 is 5.32 Å². The largest absolute Gasteiger partial charge is 0.351 e. The minimum atomic E-state index is -1.11. The third-order valence-corrected chi connectivity index (χ3v) is 6.74. The van der Waals surface area contributed by atoms with Crippen LogP contribution < -0.4 is 10.2 Å². The van der Waals surface area contributed by atoms with Crippen LogP contribution in [0.4, 0.5) is 5.69 Å². The van der Waals surface area contributed by atoms with Gasteiger partial charge in [0.05, 0.1) is 12.2 Å². The van der Waals surface area contributed by atoms with E-state index >= 15 is 0 Å². The molecule has 1 fully saturated rings. The Hall–Kier alpha value is -2.34. The molecular weight excluding hydrogens is 412 g/mol. The van der Waals surface area contributed by atoms with E-state index in [1.54, 1.807) is 27.8 Å². The molecule has 4 rings (SSSR count). The second-order valence-electron chi connectivity index (χ2n) is 9.32. The third kappa shape index (κ3) is 4.22.